The van der Waals surface area contributed by atoms with Crippen LogP contribution >= 0.6 is 0 Å². The van der Waals surface area contributed by atoms with Crippen molar-refractivity contribution in [1.29, 1.82) is 0 Å². The van der Waals surface area contributed by atoms with Gasteiger partial charge in [0.2, 0.25) is 0 Å². The molecule has 0 bridgehead atoms. The normalized spacial score (nSPS) is 12.8. The van der Waals surface area contributed by atoms with Crippen molar-refractivity contribution in [3.05, 3.63) is 78.4 Å². The quantitative estimate of drug-likeness (QED) is 0.531. The lowest BCUT2D eigenvalue weighted by Gasteiger charge is -2.21. The number of para-hydroxylation sites is 2. The molecule has 2 N–H and O–H groups in total. The maximum atomic E-state index is 12.8. The summed E-state index contributed by atoms with van der Waals surface area (Å²) in [6.45, 7) is 1.86. The van der Waals surface area contributed by atoms with Gasteiger partial charge in [-0.25, -0.2) is 0 Å². The Morgan fingerprint density at radius 3 is 2.39 bits per heavy atom. The van der Waals surface area contributed by atoms with Crippen LogP contribution in [0.25, 0.3) is 0 Å². The fourth-order valence-electron chi connectivity index (χ4n) is 3.76. The predicted octanol–water partition coefficient (Wildman–Crippen LogP) is 4.57. The van der Waals surface area contributed by atoms with Crippen LogP contribution in [0.1, 0.15) is 23.2 Å². The third-order valence-corrected chi connectivity index (χ3v) is 5.44. The van der Waals surface area contributed by atoms with Gasteiger partial charge < -0.3 is 25.0 Å². The largest absolute Gasteiger partial charge is 0.497 e. The lowest BCUT2D eigenvalue weighted by atomic mass is 10.2. The van der Waals surface area contributed by atoms with Crippen molar-refractivity contribution >= 4 is 28.9 Å². The smallest absolute Gasteiger partial charge is 0.262 e. The molecule has 0 atom stereocenters. The van der Waals surface area contributed by atoms with Gasteiger partial charge in [0.05, 0.1) is 18.5 Å². The maximum absolute atomic E-state index is 12.8. The first-order valence-electron chi connectivity index (χ1n) is 10.9. The fraction of sp³-hybridized carbons (Fsp3) is 0.231. The minimum atomic E-state index is -0.288. The van der Waals surface area contributed by atoms with Crippen LogP contribution < -0.4 is 25.0 Å². The topological polar surface area (TPSA) is 79.9 Å². The number of nitrogens with one attached hydrogen (secondary N) is 2. The van der Waals surface area contributed by atoms with E-state index in [9.17, 15) is 9.59 Å². The van der Waals surface area contributed by atoms with Gasteiger partial charge in [0, 0.05) is 30.4 Å². The Balaban J connectivity index is 1.32. The molecule has 7 nitrogen and oxygen atoms in total. The fourth-order valence-corrected chi connectivity index (χ4v) is 3.76. The van der Waals surface area contributed by atoms with Crippen molar-refractivity contribution in [3.63, 3.8) is 0 Å². The molecule has 3 aromatic rings. The zero-order chi connectivity index (χ0) is 23.0. The van der Waals surface area contributed by atoms with Crippen molar-refractivity contribution in [2.75, 3.05) is 42.3 Å². The lowest BCUT2D eigenvalue weighted by Crippen LogP contribution is -2.21. The van der Waals surface area contributed by atoms with Gasteiger partial charge in [0.25, 0.3) is 11.8 Å². The summed E-state index contributed by atoms with van der Waals surface area (Å²) in [7, 11) is 1.57. The molecule has 170 valence electrons. The summed E-state index contributed by atoms with van der Waals surface area (Å²) in [6, 6.07) is 21.7. The molecule has 0 radical (unpaired) electrons. The van der Waals surface area contributed by atoms with E-state index in [1.807, 2.05) is 24.3 Å². The molecule has 0 spiro atoms. The number of carbonyl (C=O) groups excluding carboxylic acids is 2. The van der Waals surface area contributed by atoms with Gasteiger partial charge in [0.1, 0.15) is 11.5 Å². The first-order chi connectivity index (χ1) is 16.1. The molecule has 0 saturated carbocycles. The third-order valence-electron chi connectivity index (χ3n) is 5.44. The molecule has 7 heteroatoms. The average molecular weight is 446 g/mol. The van der Waals surface area contributed by atoms with Crippen molar-refractivity contribution < 1.29 is 19.1 Å². The number of carbonyl (C=O) groups is 2. The number of nitrogens with zero attached hydrogens (tertiary/aromatic N) is 1. The van der Waals surface area contributed by atoms with Crippen LogP contribution in [-0.2, 0) is 4.79 Å². The molecular weight excluding hydrogens is 418 g/mol. The molecule has 0 aromatic heterocycles. The van der Waals surface area contributed by atoms with Gasteiger partial charge in [-0.15, -0.1) is 0 Å². The Bertz CT molecular complexity index is 1110. The number of methoxy groups -OCH3 is 1. The number of ether oxygens (including phenoxy) is 2. The molecule has 1 aliphatic heterocycles. The highest BCUT2D eigenvalue weighted by atomic mass is 16.5. The highest BCUT2D eigenvalue weighted by Crippen LogP contribution is 2.29. The van der Waals surface area contributed by atoms with Crippen LogP contribution in [0.3, 0.4) is 0 Å². The summed E-state index contributed by atoms with van der Waals surface area (Å²) < 4.78 is 10.7. The van der Waals surface area contributed by atoms with E-state index in [4.69, 9.17) is 9.47 Å². The molecule has 0 aliphatic carbocycles. The Morgan fingerprint density at radius 1 is 0.879 bits per heavy atom. The molecule has 1 fully saturated rings. The summed E-state index contributed by atoms with van der Waals surface area (Å²) in [4.78, 5) is 27.2. The number of anilines is 3. The van der Waals surface area contributed by atoms with Crippen molar-refractivity contribution in [2.24, 2.45) is 0 Å². The van der Waals surface area contributed by atoms with Crippen LogP contribution in [0, 0.1) is 0 Å². The van der Waals surface area contributed by atoms with Gasteiger partial charge in [-0.05, 0) is 61.4 Å². The van der Waals surface area contributed by atoms with Crippen LogP contribution in [0.15, 0.2) is 72.8 Å². The highest BCUT2D eigenvalue weighted by Gasteiger charge is 2.17. The van der Waals surface area contributed by atoms with E-state index in [1.165, 1.54) is 12.8 Å². The molecular formula is C26H27N3O4. The second-order valence-corrected chi connectivity index (χ2v) is 7.76. The van der Waals surface area contributed by atoms with E-state index in [2.05, 4.69) is 15.5 Å². The summed E-state index contributed by atoms with van der Waals surface area (Å²) in [5.74, 6) is 0.683. The van der Waals surface area contributed by atoms with Gasteiger partial charge in [-0.1, -0.05) is 18.2 Å². The number of benzene rings is 3. The van der Waals surface area contributed by atoms with Gasteiger partial charge in [0.15, 0.2) is 6.61 Å². The average Bonchev–Trinajstić information content (AvgIpc) is 3.38. The monoisotopic (exact) mass is 445 g/mol. The first kappa shape index (κ1) is 22.2. The summed E-state index contributed by atoms with van der Waals surface area (Å²) >= 11 is 0. The van der Waals surface area contributed by atoms with E-state index in [1.54, 1.807) is 55.6 Å². The zero-order valence-electron chi connectivity index (χ0n) is 18.5. The van der Waals surface area contributed by atoms with Crippen LogP contribution in [0.4, 0.5) is 17.1 Å². The standard InChI is InChI=1S/C26H27N3O4/c1-32-22-8-6-7-20(17-22)27-25(30)18-33-21-13-11-19(12-14-21)26(31)28-23-9-2-3-10-24(23)29-15-4-5-16-29/h2-3,6-14,17H,4-5,15-16,18H2,1H3,(H,27,30)(H,28,31). The number of hydrogen-bond donors (Lipinski definition) is 2. The molecule has 33 heavy (non-hydrogen) atoms. The van der Waals surface area contributed by atoms with Crippen LogP contribution in [0.5, 0.6) is 11.5 Å². The maximum Gasteiger partial charge on any atom is 0.262 e. The third kappa shape index (κ3) is 5.83. The van der Waals surface area contributed by atoms with E-state index < -0.39 is 0 Å². The predicted molar refractivity (Wildman–Crippen MR) is 129 cm³/mol. The van der Waals surface area contributed by atoms with E-state index in [-0.39, 0.29) is 18.4 Å². The molecule has 1 saturated heterocycles. The molecule has 3 aromatic carbocycles. The minimum absolute atomic E-state index is 0.147. The van der Waals surface area contributed by atoms with Gasteiger partial charge in [-0.3, -0.25) is 9.59 Å². The Hall–Kier alpha value is -4.00. The Kier molecular flexibility index (Phi) is 7.09. The summed E-state index contributed by atoms with van der Waals surface area (Å²) in [6.07, 6.45) is 2.34. The minimum Gasteiger partial charge on any atom is -0.497 e. The summed E-state index contributed by atoms with van der Waals surface area (Å²) in [5, 5.41) is 5.77. The summed E-state index contributed by atoms with van der Waals surface area (Å²) in [5.41, 5.74) is 2.99. The highest BCUT2D eigenvalue weighted by molar-refractivity contribution is 6.06. The van der Waals surface area contributed by atoms with Crippen LogP contribution in [0.2, 0.25) is 0 Å². The SMILES string of the molecule is COc1cccc(NC(=O)COc2ccc(C(=O)Nc3ccccc3N3CCCC3)cc2)c1. The van der Waals surface area contributed by atoms with Gasteiger partial charge in [-0.2, -0.15) is 0 Å². The Labute approximate surface area is 193 Å². The van der Waals surface area contributed by atoms with Crippen LogP contribution in [-0.4, -0.2) is 38.6 Å². The molecule has 1 aliphatic rings. The number of hydrogen-bond acceptors (Lipinski definition) is 5. The van der Waals surface area contributed by atoms with Crippen molar-refractivity contribution in [1.82, 2.24) is 0 Å². The van der Waals surface area contributed by atoms with E-state index in [0.717, 1.165) is 24.5 Å². The zero-order valence-corrected chi connectivity index (χ0v) is 18.5. The number of amides is 2. The number of rotatable bonds is 8. The Morgan fingerprint density at radius 2 is 1.64 bits per heavy atom. The second-order valence-electron chi connectivity index (χ2n) is 7.76. The van der Waals surface area contributed by atoms with E-state index >= 15 is 0 Å². The molecule has 0 unspecified atom stereocenters. The van der Waals surface area contributed by atoms with Gasteiger partial charge >= 0.3 is 0 Å². The molecule has 2 amide bonds. The molecule has 4 rings (SSSR count). The second kappa shape index (κ2) is 10.5. The van der Waals surface area contributed by atoms with Crippen molar-refractivity contribution in [2.45, 2.75) is 12.8 Å². The van der Waals surface area contributed by atoms with E-state index in [0.29, 0.717) is 22.7 Å². The first-order valence-corrected chi connectivity index (χ1v) is 10.9. The van der Waals surface area contributed by atoms with Crippen molar-refractivity contribution in [3.8, 4) is 11.5 Å². The molecule has 1 heterocycles. The lowest BCUT2D eigenvalue weighted by molar-refractivity contribution is -0.118.